The molecular weight excluding hydrogens is 415 g/mol. The zero-order valence-corrected chi connectivity index (χ0v) is 17.7. The van der Waals surface area contributed by atoms with Crippen LogP contribution in [0, 0.1) is 12.8 Å². The first kappa shape index (κ1) is 21.1. The highest BCUT2D eigenvalue weighted by atomic mass is 32.1. The van der Waals surface area contributed by atoms with Crippen LogP contribution in [-0.4, -0.2) is 28.7 Å². The number of aromatic nitrogens is 2. The Morgan fingerprint density at radius 2 is 1.93 bits per heavy atom. The summed E-state index contributed by atoms with van der Waals surface area (Å²) in [6.45, 7) is 2.41. The number of carbonyl (C=O) groups is 1. The third-order valence-corrected chi connectivity index (χ3v) is 6.91. The molecule has 162 valence electrons. The van der Waals surface area contributed by atoms with Crippen molar-refractivity contribution < 1.29 is 22.7 Å². The smallest absolute Gasteiger partial charge is 0.422 e. The van der Waals surface area contributed by atoms with Crippen molar-refractivity contribution in [2.75, 3.05) is 6.61 Å². The van der Waals surface area contributed by atoms with Crippen molar-refractivity contribution >= 4 is 17.2 Å². The summed E-state index contributed by atoms with van der Waals surface area (Å²) < 4.78 is 44.6. The van der Waals surface area contributed by atoms with E-state index in [1.54, 1.807) is 6.20 Å². The Bertz CT molecular complexity index is 967. The largest absolute Gasteiger partial charge is 0.483 e. The summed E-state index contributed by atoms with van der Waals surface area (Å²) in [6, 6.07) is 0. The van der Waals surface area contributed by atoms with E-state index in [0.717, 1.165) is 35.6 Å². The highest BCUT2D eigenvalue weighted by molar-refractivity contribution is 7.11. The summed E-state index contributed by atoms with van der Waals surface area (Å²) in [5, 5.41) is 0.737. The van der Waals surface area contributed by atoms with Gasteiger partial charge in [0.05, 0.1) is 5.41 Å². The van der Waals surface area contributed by atoms with Crippen LogP contribution in [0.3, 0.4) is 0 Å². The maximum Gasteiger partial charge on any atom is 0.422 e. The number of hydrogen-bond acceptors (Lipinski definition) is 5. The SMILES string of the molecule is Cc1cnc(C(C)(CC2CC2)c2c(C(N)=O)ncc(C3CC3)c2OCC(F)(F)F)s1. The van der Waals surface area contributed by atoms with Gasteiger partial charge in [-0.25, -0.2) is 4.98 Å². The van der Waals surface area contributed by atoms with Crippen LogP contribution in [0.15, 0.2) is 12.4 Å². The molecule has 2 aliphatic carbocycles. The number of carbonyl (C=O) groups excluding carboxylic acids is 1. The van der Waals surface area contributed by atoms with E-state index in [2.05, 4.69) is 9.97 Å². The van der Waals surface area contributed by atoms with E-state index in [1.807, 2.05) is 13.8 Å². The van der Waals surface area contributed by atoms with Gasteiger partial charge in [0.1, 0.15) is 16.5 Å². The van der Waals surface area contributed by atoms with Gasteiger partial charge in [0.2, 0.25) is 0 Å². The Labute approximate surface area is 176 Å². The molecule has 2 heterocycles. The van der Waals surface area contributed by atoms with E-state index in [0.29, 0.717) is 23.5 Å². The Morgan fingerprint density at radius 3 is 2.43 bits per heavy atom. The minimum absolute atomic E-state index is 0.0347. The van der Waals surface area contributed by atoms with Crippen molar-refractivity contribution in [2.24, 2.45) is 11.7 Å². The molecule has 2 aliphatic rings. The van der Waals surface area contributed by atoms with Gasteiger partial charge in [-0.05, 0) is 44.9 Å². The molecule has 5 nitrogen and oxygen atoms in total. The molecular formula is C21H24F3N3O2S. The number of hydrogen-bond donors (Lipinski definition) is 1. The maximum atomic E-state index is 13.1. The second kappa shape index (κ2) is 7.51. The van der Waals surface area contributed by atoms with Crippen molar-refractivity contribution in [1.82, 2.24) is 9.97 Å². The molecule has 1 amide bonds. The lowest BCUT2D eigenvalue weighted by Crippen LogP contribution is -2.32. The van der Waals surface area contributed by atoms with Crippen LogP contribution in [0.2, 0.25) is 0 Å². The zero-order chi connectivity index (χ0) is 21.7. The lowest BCUT2D eigenvalue weighted by atomic mass is 9.76. The number of alkyl halides is 3. The van der Waals surface area contributed by atoms with Gasteiger partial charge in [0, 0.05) is 28.4 Å². The number of thiazole rings is 1. The second-order valence-electron chi connectivity index (χ2n) is 8.56. The van der Waals surface area contributed by atoms with Crippen LogP contribution < -0.4 is 10.5 Å². The van der Waals surface area contributed by atoms with E-state index in [1.165, 1.54) is 17.5 Å². The molecule has 0 aromatic carbocycles. The van der Waals surface area contributed by atoms with Gasteiger partial charge in [-0.3, -0.25) is 9.78 Å². The number of nitrogens with zero attached hydrogens (tertiary/aromatic N) is 2. The van der Waals surface area contributed by atoms with Crippen LogP contribution in [0.5, 0.6) is 5.75 Å². The highest BCUT2D eigenvalue weighted by Crippen LogP contribution is 2.53. The lowest BCUT2D eigenvalue weighted by Gasteiger charge is -2.32. The van der Waals surface area contributed by atoms with Gasteiger partial charge < -0.3 is 10.5 Å². The maximum absolute atomic E-state index is 13.1. The predicted octanol–water partition coefficient (Wildman–Crippen LogP) is 4.87. The van der Waals surface area contributed by atoms with Crippen LogP contribution >= 0.6 is 11.3 Å². The second-order valence-corrected chi connectivity index (χ2v) is 9.80. The topological polar surface area (TPSA) is 78.1 Å². The number of halogens is 3. The normalized spacial score (nSPS) is 18.8. The number of pyridine rings is 1. The van der Waals surface area contributed by atoms with Crippen molar-refractivity contribution in [3.63, 3.8) is 0 Å². The van der Waals surface area contributed by atoms with Crippen molar-refractivity contribution in [2.45, 2.75) is 63.5 Å². The van der Waals surface area contributed by atoms with Crippen molar-refractivity contribution in [3.8, 4) is 5.75 Å². The lowest BCUT2D eigenvalue weighted by molar-refractivity contribution is -0.153. The van der Waals surface area contributed by atoms with Gasteiger partial charge >= 0.3 is 6.18 Å². The number of nitrogens with two attached hydrogens (primary N) is 1. The van der Waals surface area contributed by atoms with Crippen LogP contribution in [0.4, 0.5) is 13.2 Å². The van der Waals surface area contributed by atoms with Gasteiger partial charge in [0.15, 0.2) is 6.61 Å². The predicted molar refractivity (Wildman–Crippen MR) is 107 cm³/mol. The number of ether oxygens (including phenoxy) is 1. The third-order valence-electron chi connectivity index (χ3n) is 5.73. The minimum Gasteiger partial charge on any atom is -0.483 e. The van der Waals surface area contributed by atoms with Crippen molar-refractivity contribution in [1.29, 1.82) is 0 Å². The zero-order valence-electron chi connectivity index (χ0n) is 16.9. The molecule has 0 radical (unpaired) electrons. The minimum atomic E-state index is -4.50. The molecule has 0 aliphatic heterocycles. The molecule has 0 saturated heterocycles. The molecule has 1 atom stereocenters. The Hall–Kier alpha value is -2.16. The summed E-state index contributed by atoms with van der Waals surface area (Å²) in [6.07, 6.45) is 3.14. The van der Waals surface area contributed by atoms with E-state index >= 15 is 0 Å². The highest BCUT2D eigenvalue weighted by Gasteiger charge is 2.45. The Kier molecular flexibility index (Phi) is 5.28. The van der Waals surface area contributed by atoms with Crippen LogP contribution in [-0.2, 0) is 5.41 Å². The van der Waals surface area contributed by atoms with E-state index in [9.17, 15) is 18.0 Å². The molecule has 0 spiro atoms. The standard InChI is InChI=1S/C21H24F3N3O2S/c1-11-8-27-19(30-11)20(2,7-12-3-4-12)15-16(18(25)28)26-9-14(13-5-6-13)17(15)29-10-21(22,23)24/h8-9,12-13H,3-7,10H2,1-2H3,(H2,25,28). The summed E-state index contributed by atoms with van der Waals surface area (Å²) in [5.74, 6) is -0.168. The number of rotatable bonds is 8. The molecule has 4 rings (SSSR count). The number of amides is 1. The number of primary amides is 1. The summed E-state index contributed by atoms with van der Waals surface area (Å²) in [7, 11) is 0. The third kappa shape index (κ3) is 4.31. The molecule has 30 heavy (non-hydrogen) atoms. The summed E-state index contributed by atoms with van der Waals surface area (Å²) in [4.78, 5) is 22.2. The molecule has 9 heteroatoms. The van der Waals surface area contributed by atoms with E-state index in [-0.39, 0.29) is 17.4 Å². The first-order valence-electron chi connectivity index (χ1n) is 10.0. The van der Waals surface area contributed by atoms with Crippen LogP contribution in [0.1, 0.15) is 76.4 Å². The fourth-order valence-corrected chi connectivity index (χ4v) is 4.93. The first-order valence-corrected chi connectivity index (χ1v) is 10.9. The monoisotopic (exact) mass is 439 g/mol. The summed E-state index contributed by atoms with van der Waals surface area (Å²) >= 11 is 1.47. The molecule has 2 N–H and O–H groups in total. The average molecular weight is 440 g/mol. The molecule has 0 bridgehead atoms. The molecule has 2 aromatic rings. The Morgan fingerprint density at radius 1 is 1.23 bits per heavy atom. The first-order chi connectivity index (χ1) is 14.1. The number of aryl methyl sites for hydroxylation is 1. The molecule has 2 saturated carbocycles. The van der Waals surface area contributed by atoms with Gasteiger partial charge in [0.25, 0.3) is 5.91 Å². The molecule has 2 fully saturated rings. The van der Waals surface area contributed by atoms with Crippen LogP contribution in [0.25, 0.3) is 0 Å². The quantitative estimate of drug-likeness (QED) is 0.637. The molecule has 1 unspecified atom stereocenters. The molecule has 2 aromatic heterocycles. The van der Waals surface area contributed by atoms with E-state index in [4.69, 9.17) is 10.5 Å². The van der Waals surface area contributed by atoms with Gasteiger partial charge in [-0.1, -0.05) is 12.8 Å². The van der Waals surface area contributed by atoms with Gasteiger partial charge in [-0.15, -0.1) is 11.3 Å². The van der Waals surface area contributed by atoms with Gasteiger partial charge in [-0.2, -0.15) is 13.2 Å². The Balaban J connectivity index is 1.93. The summed E-state index contributed by atoms with van der Waals surface area (Å²) in [5.41, 5.74) is 5.76. The average Bonchev–Trinajstić information content (AvgIpc) is 3.58. The van der Waals surface area contributed by atoms with Crippen molar-refractivity contribution in [3.05, 3.63) is 39.1 Å². The fourth-order valence-electron chi connectivity index (χ4n) is 4.01. The van der Waals surface area contributed by atoms with E-state index < -0.39 is 24.1 Å². The fraction of sp³-hybridized carbons (Fsp3) is 0.571.